The van der Waals surface area contributed by atoms with Crippen LogP contribution < -0.4 is 4.74 Å². The van der Waals surface area contributed by atoms with Crippen LogP contribution in [0.1, 0.15) is 37.9 Å². The summed E-state index contributed by atoms with van der Waals surface area (Å²) < 4.78 is 10.5. The molecule has 2 aromatic rings. The molecule has 1 aliphatic heterocycles. The molecule has 0 amide bonds. The summed E-state index contributed by atoms with van der Waals surface area (Å²) in [7, 11) is 1.60. The molecule has 1 aliphatic rings. The van der Waals surface area contributed by atoms with E-state index in [1.165, 1.54) is 12.1 Å². The average molecular weight is 298 g/mol. The van der Waals surface area contributed by atoms with Crippen LogP contribution in [-0.4, -0.2) is 24.2 Å². The van der Waals surface area contributed by atoms with E-state index in [1.807, 2.05) is 24.3 Å². The Morgan fingerprint density at radius 1 is 1.23 bits per heavy atom. The number of cyclic esters (lactones) is 1. The number of hydrogen-bond acceptors (Lipinski definition) is 4. The van der Waals surface area contributed by atoms with Gasteiger partial charge in [-0.3, -0.25) is 0 Å². The van der Waals surface area contributed by atoms with E-state index in [4.69, 9.17) is 14.6 Å². The van der Waals surface area contributed by atoms with Crippen LogP contribution in [0.4, 0.5) is 0 Å². The first-order chi connectivity index (χ1) is 10.6. The minimum Gasteiger partial charge on any atom is -0.497 e. The quantitative estimate of drug-likeness (QED) is 0.879. The second-order valence-corrected chi connectivity index (χ2v) is 5.05. The lowest BCUT2D eigenvalue weighted by atomic mass is 9.97. The SMILES string of the molecule is COc1ccc(C[C@@H]2OC(=O)c3cc(C(=O)O)ccc32)cc1. The lowest BCUT2D eigenvalue weighted by Crippen LogP contribution is -2.02. The largest absolute Gasteiger partial charge is 0.497 e. The number of methoxy groups -OCH3 is 1. The minimum absolute atomic E-state index is 0.0841. The summed E-state index contributed by atoms with van der Waals surface area (Å²) in [6, 6.07) is 12.0. The molecule has 0 saturated carbocycles. The molecule has 5 nitrogen and oxygen atoms in total. The summed E-state index contributed by atoms with van der Waals surface area (Å²) >= 11 is 0. The Hall–Kier alpha value is -2.82. The summed E-state index contributed by atoms with van der Waals surface area (Å²) in [5.74, 6) is -0.774. The highest BCUT2D eigenvalue weighted by Gasteiger charge is 2.31. The number of aromatic carboxylic acids is 1. The van der Waals surface area contributed by atoms with Gasteiger partial charge in [0.1, 0.15) is 11.9 Å². The molecule has 1 heterocycles. The van der Waals surface area contributed by atoms with Crippen molar-refractivity contribution in [2.45, 2.75) is 12.5 Å². The fraction of sp³-hybridized carbons (Fsp3) is 0.176. The summed E-state index contributed by atoms with van der Waals surface area (Å²) in [5.41, 5.74) is 2.15. The lowest BCUT2D eigenvalue weighted by molar-refractivity contribution is 0.0387. The molecule has 5 heteroatoms. The van der Waals surface area contributed by atoms with Gasteiger partial charge in [-0.2, -0.15) is 0 Å². The Labute approximate surface area is 127 Å². The molecule has 1 atom stereocenters. The van der Waals surface area contributed by atoms with E-state index in [9.17, 15) is 9.59 Å². The zero-order chi connectivity index (χ0) is 15.7. The average Bonchev–Trinajstić information content (AvgIpc) is 2.84. The fourth-order valence-corrected chi connectivity index (χ4v) is 2.53. The van der Waals surface area contributed by atoms with Gasteiger partial charge in [-0.25, -0.2) is 9.59 Å². The van der Waals surface area contributed by atoms with Crippen LogP contribution >= 0.6 is 0 Å². The molecule has 0 unspecified atom stereocenters. The predicted octanol–water partition coefficient (Wildman–Crippen LogP) is 2.85. The molecule has 3 rings (SSSR count). The van der Waals surface area contributed by atoms with Gasteiger partial charge in [0, 0.05) is 12.0 Å². The van der Waals surface area contributed by atoms with Crippen molar-refractivity contribution < 1.29 is 24.2 Å². The zero-order valence-corrected chi connectivity index (χ0v) is 11.9. The molecular formula is C17H14O5. The van der Waals surface area contributed by atoms with Crippen molar-refractivity contribution in [3.63, 3.8) is 0 Å². The first-order valence-corrected chi connectivity index (χ1v) is 6.79. The van der Waals surface area contributed by atoms with Crippen LogP contribution in [0.2, 0.25) is 0 Å². The number of rotatable bonds is 4. The van der Waals surface area contributed by atoms with Gasteiger partial charge in [-0.15, -0.1) is 0 Å². The molecule has 0 aliphatic carbocycles. The molecule has 22 heavy (non-hydrogen) atoms. The highest BCUT2D eigenvalue weighted by molar-refractivity contribution is 5.97. The van der Waals surface area contributed by atoms with Crippen molar-refractivity contribution in [1.29, 1.82) is 0 Å². The third kappa shape index (κ3) is 2.53. The van der Waals surface area contributed by atoms with E-state index >= 15 is 0 Å². The monoisotopic (exact) mass is 298 g/mol. The minimum atomic E-state index is -1.06. The zero-order valence-electron chi connectivity index (χ0n) is 11.9. The van der Waals surface area contributed by atoms with Gasteiger partial charge in [0.05, 0.1) is 18.2 Å². The van der Waals surface area contributed by atoms with Crippen molar-refractivity contribution in [1.82, 2.24) is 0 Å². The van der Waals surface area contributed by atoms with Gasteiger partial charge in [0.2, 0.25) is 0 Å². The Balaban J connectivity index is 1.86. The molecule has 0 radical (unpaired) electrons. The Kier molecular flexibility index (Phi) is 3.55. The van der Waals surface area contributed by atoms with Crippen LogP contribution in [0.15, 0.2) is 42.5 Å². The Morgan fingerprint density at radius 2 is 1.95 bits per heavy atom. The van der Waals surface area contributed by atoms with Crippen molar-refractivity contribution in [2.24, 2.45) is 0 Å². The first-order valence-electron chi connectivity index (χ1n) is 6.79. The summed E-state index contributed by atoms with van der Waals surface area (Å²) in [5, 5.41) is 8.99. The van der Waals surface area contributed by atoms with Crippen LogP contribution in [0.3, 0.4) is 0 Å². The number of esters is 1. The van der Waals surface area contributed by atoms with E-state index < -0.39 is 18.0 Å². The molecule has 0 bridgehead atoms. The maximum Gasteiger partial charge on any atom is 0.339 e. The van der Waals surface area contributed by atoms with Crippen LogP contribution in [0, 0.1) is 0 Å². The topological polar surface area (TPSA) is 72.8 Å². The lowest BCUT2D eigenvalue weighted by Gasteiger charge is -2.11. The van der Waals surface area contributed by atoms with Gasteiger partial charge in [0.25, 0.3) is 0 Å². The van der Waals surface area contributed by atoms with E-state index in [0.717, 1.165) is 16.9 Å². The summed E-state index contributed by atoms with van der Waals surface area (Å²) in [6.45, 7) is 0. The Morgan fingerprint density at radius 3 is 2.59 bits per heavy atom. The molecule has 112 valence electrons. The molecule has 1 N–H and O–H groups in total. The number of carboxylic acids is 1. The standard InChI is InChI=1S/C17H14O5/c1-21-12-5-2-10(3-6-12)8-15-13-7-4-11(16(18)19)9-14(13)17(20)22-15/h2-7,9,15H,8H2,1H3,(H,18,19)/t15-/m0/s1. The van der Waals surface area contributed by atoms with Crippen LogP contribution in [0.25, 0.3) is 0 Å². The van der Waals surface area contributed by atoms with Crippen molar-refractivity contribution in [3.8, 4) is 5.75 Å². The molecular weight excluding hydrogens is 284 g/mol. The highest BCUT2D eigenvalue weighted by Crippen LogP contribution is 2.34. The predicted molar refractivity (Wildman–Crippen MR) is 78.3 cm³/mol. The first kappa shape index (κ1) is 14.1. The van der Waals surface area contributed by atoms with Crippen LogP contribution in [0.5, 0.6) is 5.75 Å². The van der Waals surface area contributed by atoms with Gasteiger partial charge in [-0.1, -0.05) is 18.2 Å². The number of fused-ring (bicyclic) bond motifs is 1. The van der Waals surface area contributed by atoms with Gasteiger partial charge < -0.3 is 14.6 Å². The molecule has 0 saturated heterocycles. The van der Waals surface area contributed by atoms with E-state index in [-0.39, 0.29) is 5.56 Å². The summed E-state index contributed by atoms with van der Waals surface area (Å²) in [4.78, 5) is 22.9. The number of carboxylic acid groups (broad SMARTS) is 1. The fourth-order valence-electron chi connectivity index (χ4n) is 2.53. The molecule has 0 aromatic heterocycles. The second-order valence-electron chi connectivity index (χ2n) is 5.05. The van der Waals surface area contributed by atoms with Gasteiger partial charge in [-0.05, 0) is 29.8 Å². The highest BCUT2D eigenvalue weighted by atomic mass is 16.5. The van der Waals surface area contributed by atoms with Gasteiger partial charge >= 0.3 is 11.9 Å². The number of benzene rings is 2. The van der Waals surface area contributed by atoms with E-state index in [0.29, 0.717) is 12.0 Å². The van der Waals surface area contributed by atoms with Crippen LogP contribution in [-0.2, 0) is 11.2 Å². The van der Waals surface area contributed by atoms with Crippen molar-refractivity contribution >= 4 is 11.9 Å². The van der Waals surface area contributed by atoms with E-state index in [1.54, 1.807) is 13.2 Å². The van der Waals surface area contributed by atoms with Crippen molar-refractivity contribution in [3.05, 3.63) is 64.7 Å². The third-order valence-corrected chi connectivity index (χ3v) is 3.70. The smallest absolute Gasteiger partial charge is 0.339 e. The Bertz CT molecular complexity index is 733. The maximum atomic E-state index is 11.9. The number of hydrogen-bond donors (Lipinski definition) is 1. The normalized spacial score (nSPS) is 16.0. The maximum absolute atomic E-state index is 11.9. The molecule has 0 spiro atoms. The molecule has 2 aromatic carbocycles. The number of carbonyl (C=O) groups excluding carboxylic acids is 1. The number of ether oxygens (including phenoxy) is 2. The van der Waals surface area contributed by atoms with Gasteiger partial charge in [0.15, 0.2) is 0 Å². The second kappa shape index (κ2) is 5.52. The molecule has 0 fully saturated rings. The van der Waals surface area contributed by atoms with Crippen molar-refractivity contribution in [2.75, 3.05) is 7.11 Å². The number of carbonyl (C=O) groups is 2. The van der Waals surface area contributed by atoms with E-state index in [2.05, 4.69) is 0 Å². The summed E-state index contributed by atoms with van der Waals surface area (Å²) in [6.07, 6.45) is 0.147. The third-order valence-electron chi connectivity index (χ3n) is 3.70.